The zero-order chi connectivity index (χ0) is 14.7. The van der Waals surface area contributed by atoms with E-state index in [0.29, 0.717) is 12.0 Å². The van der Waals surface area contributed by atoms with Gasteiger partial charge in [-0.1, -0.05) is 30.3 Å². The van der Waals surface area contributed by atoms with E-state index in [9.17, 15) is 8.78 Å². The Morgan fingerprint density at radius 2 is 1.73 bits per heavy atom. The van der Waals surface area contributed by atoms with Crippen molar-refractivity contribution in [1.29, 1.82) is 0 Å². The molecule has 3 aromatic rings. The molecule has 1 N–H and O–H groups in total. The smallest absolute Gasteiger partial charge is 0.127 e. The van der Waals surface area contributed by atoms with Gasteiger partial charge in [0.15, 0.2) is 0 Å². The molecular weight excluding hydrogens is 306 g/mol. The summed E-state index contributed by atoms with van der Waals surface area (Å²) < 4.78 is 27.3. The van der Waals surface area contributed by atoms with Gasteiger partial charge in [-0.15, -0.1) is 12.4 Å². The third-order valence-corrected chi connectivity index (χ3v) is 3.53. The van der Waals surface area contributed by atoms with Crippen molar-refractivity contribution in [2.75, 3.05) is 0 Å². The van der Waals surface area contributed by atoms with E-state index in [1.807, 2.05) is 6.07 Å². The van der Waals surface area contributed by atoms with Gasteiger partial charge in [-0.3, -0.25) is 0 Å². The van der Waals surface area contributed by atoms with Crippen LogP contribution in [0.25, 0.3) is 0 Å². The number of nitrogens with one attached hydrogen (secondary N) is 1. The second kappa shape index (κ2) is 7.18. The zero-order valence-electron chi connectivity index (χ0n) is 11.7. The van der Waals surface area contributed by atoms with Crippen LogP contribution in [-0.2, 0) is 6.42 Å². The quantitative estimate of drug-likeness (QED) is 0.754. The Kier molecular flexibility index (Phi) is 5.28. The van der Waals surface area contributed by atoms with E-state index in [4.69, 9.17) is 0 Å². The summed E-state index contributed by atoms with van der Waals surface area (Å²) in [5, 5.41) is 0. The van der Waals surface area contributed by atoms with Crippen molar-refractivity contribution in [2.24, 2.45) is 0 Å². The summed E-state index contributed by atoms with van der Waals surface area (Å²) in [7, 11) is 0. The van der Waals surface area contributed by atoms with E-state index in [2.05, 4.69) is 9.97 Å². The Hall–Kier alpha value is -2.20. The van der Waals surface area contributed by atoms with Crippen LogP contribution in [0.5, 0.6) is 0 Å². The number of halogens is 3. The largest absolute Gasteiger partial charge is 0.348 e. The number of aromatic amines is 1. The van der Waals surface area contributed by atoms with Gasteiger partial charge < -0.3 is 4.98 Å². The third kappa shape index (κ3) is 3.52. The lowest BCUT2D eigenvalue weighted by Gasteiger charge is -2.18. The van der Waals surface area contributed by atoms with Gasteiger partial charge in [-0.05, 0) is 29.3 Å². The van der Waals surface area contributed by atoms with Crippen LogP contribution in [0.3, 0.4) is 0 Å². The Labute approximate surface area is 133 Å². The van der Waals surface area contributed by atoms with E-state index in [0.717, 1.165) is 11.3 Å². The molecule has 2 nitrogen and oxygen atoms in total. The van der Waals surface area contributed by atoms with Crippen LogP contribution in [0.1, 0.15) is 22.7 Å². The van der Waals surface area contributed by atoms with Crippen LogP contribution in [0.2, 0.25) is 0 Å². The van der Waals surface area contributed by atoms with Gasteiger partial charge in [0, 0.05) is 24.2 Å². The maximum atomic E-state index is 14.1. The van der Waals surface area contributed by atoms with Gasteiger partial charge in [0.25, 0.3) is 0 Å². The normalized spacial score (nSPS) is 11.7. The van der Waals surface area contributed by atoms with Crippen molar-refractivity contribution in [3.8, 4) is 0 Å². The molecule has 0 saturated carbocycles. The highest BCUT2D eigenvalue weighted by Crippen LogP contribution is 2.29. The lowest BCUT2D eigenvalue weighted by Crippen LogP contribution is -2.07. The average Bonchev–Trinajstić information content (AvgIpc) is 3.00. The molecule has 0 aliphatic carbocycles. The number of imidazole rings is 1. The lowest BCUT2D eigenvalue weighted by molar-refractivity contribution is 0.593. The molecular formula is C17H15ClF2N2. The maximum Gasteiger partial charge on any atom is 0.127 e. The standard InChI is InChI=1S/C17H14F2N2.ClH/c18-13-7-5-12(6-8-13)16(9-14-10-20-11-21-14)15-3-1-2-4-17(15)19;/h1-8,10-11,16H,9H2,(H,20,21);1H. The summed E-state index contributed by atoms with van der Waals surface area (Å²) in [6.45, 7) is 0. The van der Waals surface area contributed by atoms with Crippen molar-refractivity contribution in [3.63, 3.8) is 0 Å². The van der Waals surface area contributed by atoms with E-state index >= 15 is 0 Å². The van der Waals surface area contributed by atoms with E-state index in [-0.39, 0.29) is 30.0 Å². The molecule has 2 aromatic carbocycles. The SMILES string of the molecule is Cl.Fc1ccc(C(Cc2cnc[nH]2)c2ccccc2F)cc1. The molecule has 0 aliphatic rings. The number of nitrogens with zero attached hydrogens (tertiary/aromatic N) is 1. The average molecular weight is 321 g/mol. The molecule has 0 aliphatic heterocycles. The molecule has 22 heavy (non-hydrogen) atoms. The van der Waals surface area contributed by atoms with Crippen LogP contribution < -0.4 is 0 Å². The van der Waals surface area contributed by atoms with E-state index in [1.165, 1.54) is 18.2 Å². The zero-order valence-corrected chi connectivity index (χ0v) is 12.5. The fourth-order valence-electron chi connectivity index (χ4n) is 2.48. The Balaban J connectivity index is 0.00000176. The topological polar surface area (TPSA) is 28.7 Å². The fraction of sp³-hybridized carbons (Fsp3) is 0.118. The van der Waals surface area contributed by atoms with E-state index < -0.39 is 0 Å². The van der Waals surface area contributed by atoms with Crippen LogP contribution in [0, 0.1) is 11.6 Å². The number of rotatable bonds is 4. The highest BCUT2D eigenvalue weighted by molar-refractivity contribution is 5.85. The number of hydrogen-bond acceptors (Lipinski definition) is 1. The van der Waals surface area contributed by atoms with E-state index in [1.54, 1.807) is 36.8 Å². The Bertz CT molecular complexity index is 712. The molecule has 0 fully saturated rings. The number of benzene rings is 2. The lowest BCUT2D eigenvalue weighted by atomic mass is 9.87. The van der Waals surface area contributed by atoms with Crippen molar-refractivity contribution in [1.82, 2.24) is 9.97 Å². The summed E-state index contributed by atoms with van der Waals surface area (Å²) in [5.41, 5.74) is 2.38. The summed E-state index contributed by atoms with van der Waals surface area (Å²) in [6.07, 6.45) is 3.89. The molecule has 1 aromatic heterocycles. The first-order chi connectivity index (χ1) is 10.2. The summed E-state index contributed by atoms with van der Waals surface area (Å²) in [6, 6.07) is 12.9. The predicted molar refractivity (Wildman–Crippen MR) is 84.2 cm³/mol. The molecule has 5 heteroatoms. The first-order valence-corrected chi connectivity index (χ1v) is 6.71. The van der Waals surface area contributed by atoms with Gasteiger partial charge >= 0.3 is 0 Å². The number of aromatic nitrogens is 2. The molecule has 1 unspecified atom stereocenters. The highest BCUT2D eigenvalue weighted by Gasteiger charge is 2.19. The van der Waals surface area contributed by atoms with Crippen molar-refractivity contribution in [3.05, 3.63) is 89.5 Å². The molecule has 0 amide bonds. The van der Waals surface area contributed by atoms with Gasteiger partial charge in [0.1, 0.15) is 11.6 Å². The molecule has 0 radical (unpaired) electrons. The monoisotopic (exact) mass is 320 g/mol. The van der Waals surface area contributed by atoms with Crippen LogP contribution in [0.4, 0.5) is 8.78 Å². The molecule has 114 valence electrons. The second-order valence-corrected chi connectivity index (χ2v) is 4.91. The molecule has 1 atom stereocenters. The molecule has 0 bridgehead atoms. The Morgan fingerprint density at radius 3 is 2.36 bits per heavy atom. The first-order valence-electron chi connectivity index (χ1n) is 6.71. The van der Waals surface area contributed by atoms with Gasteiger partial charge in [0.2, 0.25) is 0 Å². The minimum Gasteiger partial charge on any atom is -0.348 e. The van der Waals surface area contributed by atoms with Crippen LogP contribution >= 0.6 is 12.4 Å². The summed E-state index contributed by atoms with van der Waals surface area (Å²) >= 11 is 0. The minimum absolute atomic E-state index is 0. The molecule has 0 spiro atoms. The summed E-state index contributed by atoms with van der Waals surface area (Å²) in [4.78, 5) is 7.02. The van der Waals surface area contributed by atoms with Gasteiger partial charge in [-0.2, -0.15) is 0 Å². The van der Waals surface area contributed by atoms with Crippen molar-refractivity contribution < 1.29 is 8.78 Å². The maximum absolute atomic E-state index is 14.1. The minimum atomic E-state index is -0.299. The first kappa shape index (κ1) is 16.2. The molecule has 1 heterocycles. The van der Waals surface area contributed by atoms with Crippen molar-refractivity contribution >= 4 is 12.4 Å². The molecule has 3 rings (SSSR count). The molecule has 0 saturated heterocycles. The Morgan fingerprint density at radius 1 is 1.00 bits per heavy atom. The van der Waals surface area contributed by atoms with Crippen LogP contribution in [-0.4, -0.2) is 9.97 Å². The van der Waals surface area contributed by atoms with Gasteiger partial charge in [0.05, 0.1) is 6.33 Å². The second-order valence-electron chi connectivity index (χ2n) is 4.91. The highest BCUT2D eigenvalue weighted by atomic mass is 35.5. The number of hydrogen-bond donors (Lipinski definition) is 1. The third-order valence-electron chi connectivity index (χ3n) is 3.53. The number of H-pyrrole nitrogens is 1. The summed E-state index contributed by atoms with van der Waals surface area (Å²) in [5.74, 6) is -0.744. The van der Waals surface area contributed by atoms with Gasteiger partial charge in [-0.25, -0.2) is 13.8 Å². The fourth-order valence-corrected chi connectivity index (χ4v) is 2.48. The van der Waals surface area contributed by atoms with Crippen molar-refractivity contribution in [2.45, 2.75) is 12.3 Å². The van der Waals surface area contributed by atoms with Crippen LogP contribution in [0.15, 0.2) is 61.1 Å². The predicted octanol–water partition coefficient (Wildman–Crippen LogP) is 4.48.